The summed E-state index contributed by atoms with van der Waals surface area (Å²) in [5.74, 6) is -7.48. The van der Waals surface area contributed by atoms with Gasteiger partial charge in [0.05, 0.1) is 18.5 Å². The van der Waals surface area contributed by atoms with Crippen LogP contribution in [0.25, 0.3) is 0 Å². The smallest absolute Gasteiger partial charge is 0.254 e. The van der Waals surface area contributed by atoms with Crippen LogP contribution in [-0.4, -0.2) is 26.4 Å². The van der Waals surface area contributed by atoms with Gasteiger partial charge in [-0.15, -0.1) is 0 Å². The van der Waals surface area contributed by atoms with E-state index in [9.17, 15) is 22.7 Å². The molecule has 0 aliphatic carbocycles. The predicted molar refractivity (Wildman–Crippen MR) is 71.8 cm³/mol. The molecule has 0 saturated carbocycles. The Morgan fingerprint density at radius 3 is 2.39 bits per heavy atom. The summed E-state index contributed by atoms with van der Waals surface area (Å²) in [6.07, 6.45) is 2.19. The van der Waals surface area contributed by atoms with Crippen LogP contribution in [0.5, 0.6) is 5.75 Å². The van der Waals surface area contributed by atoms with E-state index < -0.39 is 35.8 Å². The Balaban J connectivity index is 2.36. The highest BCUT2D eigenvalue weighted by Gasteiger charge is 2.20. The standard InChI is InChI=1S/C13H10F4N4O2/c1-5-11(23)7(6(4-22)2-18-5)3-19-21-10-8(14)12(16)20-13(17)9(10)15/h2-3,22-23H,4H2,1H3,(H,20,21)/b19-3+. The Morgan fingerprint density at radius 1 is 1.22 bits per heavy atom. The molecule has 0 aliphatic rings. The Bertz CT molecular complexity index is 757. The molecule has 10 heteroatoms. The molecule has 0 radical (unpaired) electrons. The molecule has 3 N–H and O–H groups in total. The Morgan fingerprint density at radius 2 is 1.83 bits per heavy atom. The summed E-state index contributed by atoms with van der Waals surface area (Å²) in [5.41, 5.74) is 1.06. The van der Waals surface area contributed by atoms with E-state index in [0.29, 0.717) is 0 Å². The van der Waals surface area contributed by atoms with Crippen LogP contribution in [0.3, 0.4) is 0 Å². The number of hydrogen-bond acceptors (Lipinski definition) is 6. The fraction of sp³-hybridized carbons (Fsp3) is 0.154. The maximum atomic E-state index is 13.4. The van der Waals surface area contributed by atoms with Gasteiger partial charge in [-0.3, -0.25) is 10.4 Å². The summed E-state index contributed by atoms with van der Waals surface area (Å²) in [6, 6.07) is 0. The lowest BCUT2D eigenvalue weighted by Gasteiger charge is -2.08. The van der Waals surface area contributed by atoms with Crippen LogP contribution in [0, 0.1) is 30.5 Å². The number of halogens is 4. The van der Waals surface area contributed by atoms with Crippen molar-refractivity contribution in [2.24, 2.45) is 5.10 Å². The molecule has 0 atom stereocenters. The number of anilines is 1. The second-order valence-corrected chi connectivity index (χ2v) is 4.36. The third-order valence-corrected chi connectivity index (χ3v) is 2.90. The number of pyridine rings is 2. The Hall–Kier alpha value is -2.75. The number of rotatable bonds is 4. The number of hydrogen-bond donors (Lipinski definition) is 3. The fourth-order valence-corrected chi connectivity index (χ4v) is 1.67. The molecule has 0 saturated heterocycles. The van der Waals surface area contributed by atoms with Gasteiger partial charge in [0.25, 0.3) is 11.9 Å². The van der Waals surface area contributed by atoms with Crippen molar-refractivity contribution in [1.29, 1.82) is 0 Å². The molecule has 0 fully saturated rings. The Labute approximate surface area is 127 Å². The molecule has 2 aromatic heterocycles. The molecule has 0 bridgehead atoms. The van der Waals surface area contributed by atoms with E-state index in [0.717, 1.165) is 6.21 Å². The van der Waals surface area contributed by atoms with Crippen molar-refractivity contribution in [3.63, 3.8) is 0 Å². The Kier molecular flexibility index (Phi) is 4.74. The SMILES string of the molecule is Cc1ncc(CO)c(/C=N/Nc2c(F)c(F)nc(F)c2F)c1O. The van der Waals surface area contributed by atoms with Crippen LogP contribution in [0.1, 0.15) is 16.8 Å². The van der Waals surface area contributed by atoms with E-state index in [1.54, 1.807) is 5.43 Å². The molecule has 122 valence electrons. The van der Waals surface area contributed by atoms with Crippen LogP contribution in [-0.2, 0) is 6.61 Å². The average Bonchev–Trinajstić information content (AvgIpc) is 2.52. The third-order valence-electron chi connectivity index (χ3n) is 2.90. The normalized spacial score (nSPS) is 11.2. The summed E-state index contributed by atoms with van der Waals surface area (Å²) >= 11 is 0. The first-order valence-corrected chi connectivity index (χ1v) is 6.14. The van der Waals surface area contributed by atoms with E-state index in [2.05, 4.69) is 15.1 Å². The minimum absolute atomic E-state index is 0.0308. The lowest BCUT2D eigenvalue weighted by molar-refractivity contribution is 0.280. The zero-order valence-corrected chi connectivity index (χ0v) is 11.6. The second kappa shape index (κ2) is 6.57. The van der Waals surface area contributed by atoms with Crippen molar-refractivity contribution in [1.82, 2.24) is 9.97 Å². The maximum absolute atomic E-state index is 13.4. The molecular weight excluding hydrogens is 320 g/mol. The first-order chi connectivity index (χ1) is 10.9. The fourth-order valence-electron chi connectivity index (χ4n) is 1.67. The van der Waals surface area contributed by atoms with E-state index in [1.165, 1.54) is 13.1 Å². The lowest BCUT2D eigenvalue weighted by atomic mass is 10.1. The van der Waals surface area contributed by atoms with Crippen molar-refractivity contribution >= 4 is 11.9 Å². The maximum Gasteiger partial charge on any atom is 0.254 e. The van der Waals surface area contributed by atoms with Crippen molar-refractivity contribution < 1.29 is 27.8 Å². The highest BCUT2D eigenvalue weighted by molar-refractivity contribution is 5.86. The minimum Gasteiger partial charge on any atom is -0.505 e. The van der Waals surface area contributed by atoms with Gasteiger partial charge in [-0.2, -0.15) is 27.6 Å². The van der Waals surface area contributed by atoms with Gasteiger partial charge in [0, 0.05) is 17.3 Å². The predicted octanol–water partition coefficient (Wildman–Crippen LogP) is 1.99. The zero-order chi connectivity index (χ0) is 17.1. The number of aromatic hydroxyl groups is 1. The summed E-state index contributed by atoms with van der Waals surface area (Å²) in [4.78, 5) is 6.20. The zero-order valence-electron chi connectivity index (χ0n) is 11.6. The van der Waals surface area contributed by atoms with Gasteiger partial charge in [0.2, 0.25) is 11.6 Å². The van der Waals surface area contributed by atoms with E-state index in [4.69, 9.17) is 5.11 Å². The lowest BCUT2D eigenvalue weighted by Crippen LogP contribution is -2.06. The van der Waals surface area contributed by atoms with Gasteiger partial charge in [0.15, 0.2) is 0 Å². The monoisotopic (exact) mass is 330 g/mol. The molecular formula is C13H10F4N4O2. The minimum atomic E-state index is -1.83. The van der Waals surface area contributed by atoms with E-state index in [1.807, 2.05) is 0 Å². The number of aliphatic hydroxyl groups is 1. The van der Waals surface area contributed by atoms with E-state index >= 15 is 0 Å². The molecule has 2 heterocycles. The molecule has 2 aromatic rings. The van der Waals surface area contributed by atoms with Crippen LogP contribution >= 0.6 is 0 Å². The molecule has 0 aliphatic heterocycles. The molecule has 0 unspecified atom stereocenters. The van der Waals surface area contributed by atoms with Crippen molar-refractivity contribution in [3.8, 4) is 5.75 Å². The van der Waals surface area contributed by atoms with Crippen LogP contribution in [0.4, 0.5) is 23.2 Å². The molecule has 6 nitrogen and oxygen atoms in total. The number of nitrogens with zero attached hydrogens (tertiary/aromatic N) is 3. The van der Waals surface area contributed by atoms with Crippen molar-refractivity contribution in [3.05, 3.63) is 46.5 Å². The summed E-state index contributed by atoms with van der Waals surface area (Å²) in [5, 5.41) is 22.4. The highest BCUT2D eigenvalue weighted by atomic mass is 19.2. The van der Waals surface area contributed by atoms with E-state index in [-0.39, 0.29) is 22.6 Å². The summed E-state index contributed by atoms with van der Waals surface area (Å²) in [7, 11) is 0. The first kappa shape index (κ1) is 16.6. The number of nitrogens with one attached hydrogen (secondary N) is 1. The number of aromatic nitrogens is 2. The molecule has 2 rings (SSSR count). The van der Waals surface area contributed by atoms with Gasteiger partial charge in [-0.25, -0.2) is 0 Å². The number of hydrazone groups is 1. The van der Waals surface area contributed by atoms with Crippen LogP contribution in [0.15, 0.2) is 11.3 Å². The molecule has 0 amide bonds. The third kappa shape index (κ3) is 3.21. The van der Waals surface area contributed by atoms with Crippen LogP contribution in [0.2, 0.25) is 0 Å². The molecule has 23 heavy (non-hydrogen) atoms. The molecule has 0 spiro atoms. The van der Waals surface area contributed by atoms with Crippen LogP contribution < -0.4 is 5.43 Å². The largest absolute Gasteiger partial charge is 0.505 e. The number of aliphatic hydroxyl groups excluding tert-OH is 1. The topological polar surface area (TPSA) is 90.6 Å². The highest BCUT2D eigenvalue weighted by Crippen LogP contribution is 2.24. The molecule has 0 aromatic carbocycles. The average molecular weight is 330 g/mol. The first-order valence-electron chi connectivity index (χ1n) is 6.14. The quantitative estimate of drug-likeness (QED) is 0.345. The van der Waals surface area contributed by atoms with Gasteiger partial charge >= 0.3 is 0 Å². The van der Waals surface area contributed by atoms with Gasteiger partial charge < -0.3 is 10.2 Å². The summed E-state index contributed by atoms with van der Waals surface area (Å²) < 4.78 is 52.6. The summed E-state index contributed by atoms with van der Waals surface area (Å²) in [6.45, 7) is 0.998. The van der Waals surface area contributed by atoms with Gasteiger partial charge in [-0.05, 0) is 6.92 Å². The van der Waals surface area contributed by atoms with Crippen molar-refractivity contribution in [2.45, 2.75) is 13.5 Å². The van der Waals surface area contributed by atoms with Crippen molar-refractivity contribution in [2.75, 3.05) is 5.43 Å². The van der Waals surface area contributed by atoms with Gasteiger partial charge in [0.1, 0.15) is 11.4 Å². The number of aryl methyl sites for hydroxylation is 1. The van der Waals surface area contributed by atoms with Gasteiger partial charge in [-0.1, -0.05) is 0 Å². The second-order valence-electron chi connectivity index (χ2n) is 4.36.